The van der Waals surface area contributed by atoms with Gasteiger partial charge >= 0.3 is 0 Å². The van der Waals surface area contributed by atoms with Crippen LogP contribution in [0.25, 0.3) is 0 Å². The molecule has 144 valence electrons. The number of carbonyl (C=O) groups excluding carboxylic acids is 1. The molecule has 1 unspecified atom stereocenters. The van der Waals surface area contributed by atoms with E-state index in [1.165, 1.54) is 35.2 Å². The Hall–Kier alpha value is -2.65. The Labute approximate surface area is 169 Å². The molecule has 0 fully saturated rings. The van der Waals surface area contributed by atoms with Gasteiger partial charge in [0, 0.05) is 17.7 Å². The number of halogens is 1. The summed E-state index contributed by atoms with van der Waals surface area (Å²) in [6.07, 6.45) is 0.744. The van der Waals surface area contributed by atoms with Gasteiger partial charge in [-0.2, -0.15) is 0 Å². The second-order valence-corrected chi connectivity index (χ2v) is 8.29. The van der Waals surface area contributed by atoms with E-state index in [4.69, 9.17) is 4.74 Å². The van der Waals surface area contributed by atoms with Crippen molar-refractivity contribution in [2.45, 2.75) is 16.8 Å². The molecule has 2 N–H and O–H groups in total. The molecular formula is C19H17FN4O2S2. The summed E-state index contributed by atoms with van der Waals surface area (Å²) < 4.78 is 19.5. The molecule has 1 aliphatic heterocycles. The van der Waals surface area contributed by atoms with Gasteiger partial charge < -0.3 is 15.4 Å². The lowest BCUT2D eigenvalue weighted by atomic mass is 10.0. The van der Waals surface area contributed by atoms with Crippen LogP contribution >= 0.6 is 23.1 Å². The van der Waals surface area contributed by atoms with Gasteiger partial charge in [0.2, 0.25) is 11.0 Å². The van der Waals surface area contributed by atoms with Crippen molar-refractivity contribution < 1.29 is 13.9 Å². The van der Waals surface area contributed by atoms with Crippen LogP contribution < -0.4 is 15.4 Å². The number of rotatable bonds is 6. The van der Waals surface area contributed by atoms with Crippen molar-refractivity contribution in [1.29, 1.82) is 0 Å². The lowest BCUT2D eigenvalue weighted by Gasteiger charge is -2.26. The first-order valence-electron chi connectivity index (χ1n) is 8.67. The van der Waals surface area contributed by atoms with Crippen molar-refractivity contribution in [1.82, 2.24) is 15.5 Å². The molecule has 6 nitrogen and oxygen atoms in total. The van der Waals surface area contributed by atoms with Gasteiger partial charge in [-0.25, -0.2) is 4.39 Å². The number of fused-ring (bicyclic) bond motifs is 1. The molecule has 0 bridgehead atoms. The summed E-state index contributed by atoms with van der Waals surface area (Å²) in [7, 11) is 0. The van der Waals surface area contributed by atoms with E-state index in [0.29, 0.717) is 21.8 Å². The molecule has 0 radical (unpaired) electrons. The van der Waals surface area contributed by atoms with E-state index >= 15 is 0 Å². The minimum atomic E-state index is -0.324. The summed E-state index contributed by atoms with van der Waals surface area (Å²) in [6, 6.07) is 13.8. The Bertz CT molecular complexity index is 982. The van der Waals surface area contributed by atoms with E-state index in [1.807, 2.05) is 24.3 Å². The van der Waals surface area contributed by atoms with Crippen LogP contribution in [0.2, 0.25) is 0 Å². The number of benzene rings is 2. The lowest BCUT2D eigenvalue weighted by Crippen LogP contribution is -2.33. The molecule has 0 saturated carbocycles. The van der Waals surface area contributed by atoms with Crippen LogP contribution in [0.1, 0.15) is 18.0 Å². The molecule has 1 amide bonds. The summed E-state index contributed by atoms with van der Waals surface area (Å²) in [5.74, 6) is 0.676. The van der Waals surface area contributed by atoms with Crippen molar-refractivity contribution in [2.75, 3.05) is 17.7 Å². The normalized spacial score (nSPS) is 15.4. The van der Waals surface area contributed by atoms with Gasteiger partial charge in [0.25, 0.3) is 0 Å². The largest absolute Gasteiger partial charge is 0.493 e. The van der Waals surface area contributed by atoms with E-state index in [2.05, 4.69) is 20.8 Å². The fourth-order valence-electron chi connectivity index (χ4n) is 2.86. The Balaban J connectivity index is 1.30. The lowest BCUT2D eigenvalue weighted by molar-refractivity contribution is -0.119. The third kappa shape index (κ3) is 4.60. The number of carbonyl (C=O) groups is 1. The number of ether oxygens (including phenoxy) is 1. The maximum Gasteiger partial charge on any atom is 0.230 e. The highest BCUT2D eigenvalue weighted by Crippen LogP contribution is 2.32. The molecule has 1 atom stereocenters. The summed E-state index contributed by atoms with van der Waals surface area (Å²) in [5, 5.41) is 14.7. The molecule has 2 heterocycles. The van der Waals surface area contributed by atoms with Crippen LogP contribution in [0.5, 0.6) is 5.75 Å². The summed E-state index contributed by atoms with van der Waals surface area (Å²) in [5.41, 5.74) is 1.60. The number of hydrogen-bond acceptors (Lipinski definition) is 7. The van der Waals surface area contributed by atoms with Crippen molar-refractivity contribution in [3.05, 3.63) is 59.9 Å². The highest BCUT2D eigenvalue weighted by molar-refractivity contribution is 8.01. The van der Waals surface area contributed by atoms with Gasteiger partial charge in [-0.3, -0.25) is 4.79 Å². The summed E-state index contributed by atoms with van der Waals surface area (Å²) >= 11 is 2.64. The number of anilines is 2. The Kier molecular flexibility index (Phi) is 5.73. The van der Waals surface area contributed by atoms with Crippen molar-refractivity contribution in [3.63, 3.8) is 0 Å². The first-order chi connectivity index (χ1) is 13.7. The number of aromatic nitrogens is 2. The maximum absolute atomic E-state index is 13.2. The van der Waals surface area contributed by atoms with Crippen LogP contribution in [0.3, 0.4) is 0 Å². The second kappa shape index (κ2) is 8.57. The van der Waals surface area contributed by atoms with Crippen molar-refractivity contribution in [2.24, 2.45) is 0 Å². The standard InChI is InChI=1S/C19H17FN4O2S2/c20-12-4-3-5-13(10-12)21-18-23-24-19(28-18)27-11-17(25)22-15-8-9-26-16-7-2-1-6-14(15)16/h1-7,10,15H,8-9,11H2,(H,21,23)(H,22,25). The first kappa shape index (κ1) is 18.7. The monoisotopic (exact) mass is 416 g/mol. The van der Waals surface area contributed by atoms with Crippen molar-refractivity contribution in [3.8, 4) is 5.75 Å². The Morgan fingerprint density at radius 1 is 1.25 bits per heavy atom. The minimum Gasteiger partial charge on any atom is -0.493 e. The predicted molar refractivity (Wildman–Crippen MR) is 108 cm³/mol. The smallest absolute Gasteiger partial charge is 0.230 e. The molecule has 0 saturated heterocycles. The zero-order valence-corrected chi connectivity index (χ0v) is 16.4. The van der Waals surface area contributed by atoms with Crippen molar-refractivity contribution >= 4 is 39.8 Å². The number of nitrogens with zero attached hydrogens (tertiary/aromatic N) is 2. The molecule has 1 aliphatic rings. The van der Waals surface area contributed by atoms with E-state index in [-0.39, 0.29) is 23.5 Å². The summed E-state index contributed by atoms with van der Waals surface area (Å²) in [6.45, 7) is 0.584. The number of para-hydroxylation sites is 1. The minimum absolute atomic E-state index is 0.0438. The SMILES string of the molecule is O=C(CSc1nnc(Nc2cccc(F)c2)s1)NC1CCOc2ccccc21. The first-order valence-corrected chi connectivity index (χ1v) is 10.5. The summed E-state index contributed by atoms with van der Waals surface area (Å²) in [4.78, 5) is 12.4. The highest BCUT2D eigenvalue weighted by Gasteiger charge is 2.22. The van der Waals surface area contributed by atoms with E-state index in [0.717, 1.165) is 17.7 Å². The van der Waals surface area contributed by atoms with E-state index in [1.54, 1.807) is 12.1 Å². The van der Waals surface area contributed by atoms with Crippen LogP contribution in [-0.4, -0.2) is 28.5 Å². The Morgan fingerprint density at radius 3 is 3.04 bits per heavy atom. The van der Waals surface area contributed by atoms with Gasteiger partial charge in [0.05, 0.1) is 18.4 Å². The number of nitrogens with one attached hydrogen (secondary N) is 2. The highest BCUT2D eigenvalue weighted by atomic mass is 32.2. The average Bonchev–Trinajstić information content (AvgIpc) is 3.14. The van der Waals surface area contributed by atoms with E-state index in [9.17, 15) is 9.18 Å². The molecule has 0 spiro atoms. The number of hydrogen-bond donors (Lipinski definition) is 2. The molecule has 2 aromatic carbocycles. The van der Waals surface area contributed by atoms with Crippen LogP contribution in [-0.2, 0) is 4.79 Å². The zero-order chi connectivity index (χ0) is 19.3. The van der Waals surface area contributed by atoms with Gasteiger partial charge in [-0.15, -0.1) is 10.2 Å². The van der Waals surface area contributed by atoms with Crippen LogP contribution in [0.4, 0.5) is 15.2 Å². The fraction of sp³-hybridized carbons (Fsp3) is 0.211. The third-order valence-electron chi connectivity index (χ3n) is 4.10. The molecule has 0 aliphatic carbocycles. The van der Waals surface area contributed by atoms with Gasteiger partial charge in [0.1, 0.15) is 11.6 Å². The van der Waals surface area contributed by atoms with Crippen LogP contribution in [0.15, 0.2) is 52.9 Å². The predicted octanol–water partition coefficient (Wildman–Crippen LogP) is 4.15. The molecule has 9 heteroatoms. The molecular weight excluding hydrogens is 399 g/mol. The molecule has 4 rings (SSSR count). The van der Waals surface area contributed by atoms with Gasteiger partial charge in [-0.1, -0.05) is 47.4 Å². The van der Waals surface area contributed by atoms with Gasteiger partial charge in [0.15, 0.2) is 4.34 Å². The second-order valence-electron chi connectivity index (χ2n) is 6.09. The fourth-order valence-corrected chi connectivity index (χ4v) is 4.45. The number of thioether (sulfide) groups is 1. The average molecular weight is 417 g/mol. The molecule has 28 heavy (non-hydrogen) atoms. The topological polar surface area (TPSA) is 76.1 Å². The maximum atomic E-state index is 13.2. The third-order valence-corrected chi connectivity index (χ3v) is 6.07. The number of amides is 1. The quantitative estimate of drug-likeness (QED) is 0.588. The zero-order valence-electron chi connectivity index (χ0n) is 14.7. The van der Waals surface area contributed by atoms with Crippen LogP contribution in [0, 0.1) is 5.82 Å². The Morgan fingerprint density at radius 2 is 2.14 bits per heavy atom. The molecule has 3 aromatic rings. The van der Waals surface area contributed by atoms with E-state index < -0.39 is 0 Å². The van der Waals surface area contributed by atoms with Gasteiger partial charge in [-0.05, 0) is 24.3 Å². The molecule has 1 aromatic heterocycles.